The molecule has 196 valence electrons. The molecule has 3 amide bonds. The Morgan fingerprint density at radius 3 is 2.59 bits per heavy atom. The second kappa shape index (κ2) is 10.1. The van der Waals surface area contributed by atoms with Gasteiger partial charge >= 0.3 is 0 Å². The topological polar surface area (TPSA) is 90.0 Å². The molecule has 3 heterocycles. The SMILES string of the molecule is C[C@@H]1CN(C(=O)c2ccc(S(=O)CC(=O)N3CC4(CCC(=O)N4)C3)c(Cl)c2)CCN1c1cccc(F)c1. The van der Waals surface area contributed by atoms with E-state index in [1.165, 1.54) is 18.2 Å². The average Bonchev–Trinajstić information content (AvgIpc) is 3.24. The highest BCUT2D eigenvalue weighted by atomic mass is 35.5. The lowest BCUT2D eigenvalue weighted by molar-refractivity contribution is -0.137. The Kier molecular flexibility index (Phi) is 6.97. The Morgan fingerprint density at radius 1 is 1.16 bits per heavy atom. The van der Waals surface area contributed by atoms with Crippen LogP contribution in [0.1, 0.15) is 30.1 Å². The highest BCUT2D eigenvalue weighted by Gasteiger charge is 2.49. The summed E-state index contributed by atoms with van der Waals surface area (Å²) in [5.41, 5.74) is 0.837. The molecule has 2 aromatic rings. The van der Waals surface area contributed by atoms with E-state index in [1.54, 1.807) is 28.0 Å². The number of piperazine rings is 1. The molecular weight excluding hydrogens is 519 g/mol. The van der Waals surface area contributed by atoms with E-state index in [0.29, 0.717) is 56.0 Å². The molecule has 3 fully saturated rings. The molecular formula is C26H28ClFN4O4S. The van der Waals surface area contributed by atoms with Gasteiger partial charge in [0.2, 0.25) is 11.8 Å². The van der Waals surface area contributed by atoms with Gasteiger partial charge in [-0.15, -0.1) is 0 Å². The van der Waals surface area contributed by atoms with Crippen molar-refractivity contribution in [2.24, 2.45) is 0 Å². The van der Waals surface area contributed by atoms with Crippen molar-refractivity contribution in [3.8, 4) is 0 Å². The molecule has 1 N–H and O–H groups in total. The van der Waals surface area contributed by atoms with Gasteiger partial charge in [-0.25, -0.2) is 4.39 Å². The molecule has 0 radical (unpaired) electrons. The maximum absolute atomic E-state index is 13.6. The van der Waals surface area contributed by atoms with Crippen LogP contribution < -0.4 is 10.2 Å². The van der Waals surface area contributed by atoms with Gasteiger partial charge in [-0.2, -0.15) is 0 Å². The van der Waals surface area contributed by atoms with Gasteiger partial charge in [-0.3, -0.25) is 18.6 Å². The summed E-state index contributed by atoms with van der Waals surface area (Å²) >= 11 is 6.40. The second-order valence-electron chi connectivity index (χ2n) is 9.99. The van der Waals surface area contributed by atoms with Gasteiger partial charge < -0.3 is 20.0 Å². The van der Waals surface area contributed by atoms with Crippen LogP contribution in [0.2, 0.25) is 5.02 Å². The maximum atomic E-state index is 13.6. The summed E-state index contributed by atoms with van der Waals surface area (Å²) in [5.74, 6) is -0.957. The highest BCUT2D eigenvalue weighted by molar-refractivity contribution is 7.85. The zero-order valence-electron chi connectivity index (χ0n) is 20.4. The summed E-state index contributed by atoms with van der Waals surface area (Å²) in [6.07, 6.45) is 1.18. The van der Waals surface area contributed by atoms with Crippen molar-refractivity contribution in [1.29, 1.82) is 0 Å². The van der Waals surface area contributed by atoms with E-state index in [0.717, 1.165) is 5.69 Å². The molecule has 5 rings (SSSR count). The number of hydrogen-bond donors (Lipinski definition) is 1. The van der Waals surface area contributed by atoms with Gasteiger partial charge in [0.1, 0.15) is 11.6 Å². The van der Waals surface area contributed by atoms with Crippen LogP contribution in [0.25, 0.3) is 0 Å². The van der Waals surface area contributed by atoms with E-state index in [-0.39, 0.29) is 45.9 Å². The van der Waals surface area contributed by atoms with E-state index in [4.69, 9.17) is 11.6 Å². The first-order valence-corrected chi connectivity index (χ1v) is 13.9. The fourth-order valence-corrected chi connectivity index (χ4v) is 6.83. The number of hydrogen-bond acceptors (Lipinski definition) is 5. The van der Waals surface area contributed by atoms with Crippen LogP contribution in [0, 0.1) is 5.82 Å². The van der Waals surface area contributed by atoms with Gasteiger partial charge in [0.15, 0.2) is 0 Å². The molecule has 3 saturated heterocycles. The van der Waals surface area contributed by atoms with Crippen LogP contribution >= 0.6 is 11.6 Å². The smallest absolute Gasteiger partial charge is 0.254 e. The molecule has 1 spiro atoms. The van der Waals surface area contributed by atoms with E-state index in [2.05, 4.69) is 10.2 Å². The molecule has 1 unspecified atom stereocenters. The van der Waals surface area contributed by atoms with Crippen molar-refractivity contribution in [3.05, 3.63) is 58.9 Å². The number of benzene rings is 2. The molecule has 11 heteroatoms. The number of halogens is 2. The number of nitrogens with one attached hydrogen (secondary N) is 1. The van der Waals surface area contributed by atoms with Gasteiger partial charge in [0, 0.05) is 56.4 Å². The number of carbonyl (C=O) groups excluding carboxylic acids is 3. The van der Waals surface area contributed by atoms with Crippen LogP contribution in [0.3, 0.4) is 0 Å². The zero-order valence-corrected chi connectivity index (χ0v) is 22.0. The molecule has 8 nitrogen and oxygen atoms in total. The third-order valence-electron chi connectivity index (χ3n) is 7.31. The van der Waals surface area contributed by atoms with Crippen LogP contribution in [-0.4, -0.2) is 81.8 Å². The Bertz CT molecular complexity index is 1280. The monoisotopic (exact) mass is 546 g/mol. The van der Waals surface area contributed by atoms with Crippen molar-refractivity contribution in [2.75, 3.05) is 43.4 Å². The second-order valence-corrected chi connectivity index (χ2v) is 11.8. The lowest BCUT2D eigenvalue weighted by Crippen LogP contribution is -2.68. The van der Waals surface area contributed by atoms with Crippen molar-refractivity contribution >= 4 is 45.8 Å². The predicted molar refractivity (Wildman–Crippen MR) is 139 cm³/mol. The Balaban J connectivity index is 1.18. The summed E-state index contributed by atoms with van der Waals surface area (Å²) in [6, 6.07) is 11.0. The van der Waals surface area contributed by atoms with Crippen molar-refractivity contribution in [2.45, 2.75) is 36.2 Å². The lowest BCUT2D eigenvalue weighted by atomic mass is 9.88. The Morgan fingerprint density at radius 2 is 1.95 bits per heavy atom. The molecule has 0 bridgehead atoms. The minimum Gasteiger partial charge on any atom is -0.365 e. The van der Waals surface area contributed by atoms with Crippen LogP contribution in [-0.2, 0) is 20.4 Å². The van der Waals surface area contributed by atoms with Crippen LogP contribution in [0.15, 0.2) is 47.4 Å². The summed E-state index contributed by atoms with van der Waals surface area (Å²) in [6.45, 7) is 4.35. The van der Waals surface area contributed by atoms with Gasteiger partial charge in [-0.05, 0) is 49.7 Å². The third-order valence-corrected chi connectivity index (χ3v) is 9.09. The molecule has 2 aromatic carbocycles. The van der Waals surface area contributed by atoms with Crippen molar-refractivity contribution < 1.29 is 23.0 Å². The first kappa shape index (κ1) is 25.7. The van der Waals surface area contributed by atoms with E-state index < -0.39 is 10.8 Å². The number of likely N-dealkylation sites (tertiary alicyclic amines) is 1. The summed E-state index contributed by atoms with van der Waals surface area (Å²) < 4.78 is 26.5. The Hall–Kier alpha value is -2.98. The molecule has 0 aliphatic carbocycles. The van der Waals surface area contributed by atoms with Crippen molar-refractivity contribution in [3.63, 3.8) is 0 Å². The fourth-order valence-electron chi connectivity index (χ4n) is 5.33. The molecule has 0 saturated carbocycles. The van der Waals surface area contributed by atoms with Gasteiger partial charge in [0.25, 0.3) is 5.91 Å². The fraction of sp³-hybridized carbons (Fsp3) is 0.423. The Labute approximate surface area is 222 Å². The third kappa shape index (κ3) is 5.22. The van der Waals surface area contributed by atoms with Gasteiger partial charge in [0.05, 0.1) is 26.3 Å². The molecule has 3 aliphatic heterocycles. The summed E-state index contributed by atoms with van der Waals surface area (Å²) in [7, 11) is -1.67. The summed E-state index contributed by atoms with van der Waals surface area (Å²) in [5, 5.41) is 3.09. The first-order valence-electron chi connectivity index (χ1n) is 12.2. The summed E-state index contributed by atoms with van der Waals surface area (Å²) in [4.78, 5) is 42.9. The van der Waals surface area contributed by atoms with Crippen molar-refractivity contribution in [1.82, 2.24) is 15.1 Å². The molecule has 0 aromatic heterocycles. The average molecular weight is 547 g/mol. The maximum Gasteiger partial charge on any atom is 0.254 e. The minimum absolute atomic E-state index is 0.0000142. The lowest BCUT2D eigenvalue weighted by Gasteiger charge is -2.47. The highest BCUT2D eigenvalue weighted by Crippen LogP contribution is 2.31. The zero-order chi connectivity index (χ0) is 26.3. The number of anilines is 1. The van der Waals surface area contributed by atoms with Crippen LogP contribution in [0.5, 0.6) is 0 Å². The minimum atomic E-state index is -1.67. The number of rotatable bonds is 5. The molecule has 37 heavy (non-hydrogen) atoms. The number of nitrogens with zero attached hydrogens (tertiary/aromatic N) is 3. The van der Waals surface area contributed by atoms with Gasteiger partial charge in [-0.1, -0.05) is 17.7 Å². The van der Waals surface area contributed by atoms with E-state index in [9.17, 15) is 23.0 Å². The predicted octanol–water partition coefficient (Wildman–Crippen LogP) is 2.43. The van der Waals surface area contributed by atoms with E-state index in [1.807, 2.05) is 13.0 Å². The van der Waals surface area contributed by atoms with Crippen LogP contribution in [0.4, 0.5) is 10.1 Å². The first-order chi connectivity index (χ1) is 17.6. The standard InChI is InChI=1S/C26H28ClFN4O4S/c1-17-13-30(9-10-32(17)20-4-2-3-19(28)12-20)25(35)18-5-6-22(21(27)11-18)37(36)14-24(34)31-15-26(16-31)8-7-23(33)29-26/h2-6,11-12,17H,7-10,13-16H2,1H3,(H,29,33)/t17-,37?/m1/s1. The largest absolute Gasteiger partial charge is 0.365 e. The van der Waals surface area contributed by atoms with E-state index >= 15 is 0 Å². The normalized spacial score (nSPS) is 21.5. The number of amides is 3. The quantitative estimate of drug-likeness (QED) is 0.622. The number of carbonyl (C=O) groups is 3. The molecule has 3 aliphatic rings. The molecule has 2 atom stereocenters.